The second-order valence-electron chi connectivity index (χ2n) is 8.17. The molecule has 2 fully saturated rings. The number of hydrogen-bond donors (Lipinski definition) is 1. The summed E-state index contributed by atoms with van der Waals surface area (Å²) in [6.45, 7) is 1.46. The van der Waals surface area contributed by atoms with E-state index in [1.165, 1.54) is 30.6 Å². The number of carbonyl (C=O) groups excluding carboxylic acids is 2. The van der Waals surface area contributed by atoms with Gasteiger partial charge in [0.05, 0.1) is 7.11 Å². The lowest BCUT2D eigenvalue weighted by Crippen LogP contribution is -2.48. The fraction of sp³-hybridized carbons (Fsp3) is 0.522. The lowest BCUT2D eigenvalue weighted by molar-refractivity contribution is -0.137. The quantitative estimate of drug-likeness (QED) is 0.779. The molecule has 0 radical (unpaired) electrons. The topological polar surface area (TPSA) is 71.5 Å². The van der Waals surface area contributed by atoms with Gasteiger partial charge in [-0.1, -0.05) is 19.3 Å². The highest BCUT2D eigenvalue weighted by atomic mass is 32.1. The van der Waals surface area contributed by atoms with Crippen LogP contribution in [0, 0.1) is 5.92 Å². The average Bonchev–Trinajstić information content (AvgIpc) is 3.30. The number of rotatable bonds is 5. The van der Waals surface area contributed by atoms with Crippen LogP contribution in [0.15, 0.2) is 29.6 Å². The number of hydrogen-bond acceptors (Lipinski definition) is 5. The molecule has 2 aliphatic rings. The van der Waals surface area contributed by atoms with Gasteiger partial charge in [0.2, 0.25) is 5.91 Å². The van der Waals surface area contributed by atoms with Gasteiger partial charge in [-0.15, -0.1) is 11.3 Å². The van der Waals surface area contributed by atoms with Crippen LogP contribution >= 0.6 is 11.3 Å². The summed E-state index contributed by atoms with van der Waals surface area (Å²) >= 11 is 1.46. The average molecular weight is 428 g/mol. The second-order valence-corrected chi connectivity index (χ2v) is 9.03. The SMILES string of the molecule is COc1ccc(-c2nc(C(=O)NC3CCN(C(=O)C4CCCCC4)CC3)cs2)cc1. The molecule has 1 aliphatic heterocycles. The maximum Gasteiger partial charge on any atom is 0.270 e. The van der Waals surface area contributed by atoms with Crippen LogP contribution < -0.4 is 10.1 Å². The highest BCUT2D eigenvalue weighted by molar-refractivity contribution is 7.13. The number of benzene rings is 1. The van der Waals surface area contributed by atoms with Crippen molar-refractivity contribution >= 4 is 23.2 Å². The van der Waals surface area contributed by atoms with E-state index < -0.39 is 0 Å². The van der Waals surface area contributed by atoms with Crippen molar-refractivity contribution in [3.05, 3.63) is 35.3 Å². The number of ether oxygens (including phenoxy) is 1. The van der Waals surface area contributed by atoms with Gasteiger partial charge in [0, 0.05) is 36.0 Å². The number of amides is 2. The largest absolute Gasteiger partial charge is 0.497 e. The summed E-state index contributed by atoms with van der Waals surface area (Å²) in [7, 11) is 1.64. The van der Waals surface area contributed by atoms with Gasteiger partial charge < -0.3 is 15.0 Å². The van der Waals surface area contributed by atoms with E-state index >= 15 is 0 Å². The first-order valence-electron chi connectivity index (χ1n) is 10.8. The summed E-state index contributed by atoms with van der Waals surface area (Å²) in [6.07, 6.45) is 7.30. The normalized spacial score (nSPS) is 18.2. The minimum atomic E-state index is -0.136. The summed E-state index contributed by atoms with van der Waals surface area (Å²) in [5, 5.41) is 5.72. The third kappa shape index (κ3) is 4.83. The van der Waals surface area contributed by atoms with Gasteiger partial charge in [-0.05, 0) is 49.9 Å². The summed E-state index contributed by atoms with van der Waals surface area (Å²) in [6, 6.07) is 7.76. The van der Waals surface area contributed by atoms with E-state index in [2.05, 4.69) is 10.3 Å². The van der Waals surface area contributed by atoms with Gasteiger partial charge in [-0.3, -0.25) is 9.59 Å². The molecule has 0 bridgehead atoms. The van der Waals surface area contributed by atoms with Crippen LogP contribution in [0.25, 0.3) is 10.6 Å². The van der Waals surface area contributed by atoms with E-state index in [0.29, 0.717) is 11.6 Å². The Morgan fingerprint density at radius 3 is 2.43 bits per heavy atom. The number of aromatic nitrogens is 1. The van der Waals surface area contributed by atoms with Crippen LogP contribution in [0.4, 0.5) is 0 Å². The molecule has 30 heavy (non-hydrogen) atoms. The molecule has 6 nitrogen and oxygen atoms in total. The van der Waals surface area contributed by atoms with Crippen molar-refractivity contribution in [1.29, 1.82) is 0 Å². The van der Waals surface area contributed by atoms with E-state index in [0.717, 1.165) is 55.1 Å². The molecule has 1 N–H and O–H groups in total. The standard InChI is InChI=1S/C23H29N3O3S/c1-29-19-9-7-16(8-10-19)22-25-20(15-30-22)21(27)24-18-11-13-26(14-12-18)23(28)17-5-3-2-4-6-17/h7-10,15,17-18H,2-6,11-14H2,1H3,(H,24,27). The van der Waals surface area contributed by atoms with E-state index in [-0.39, 0.29) is 17.9 Å². The number of thiazole rings is 1. The highest BCUT2D eigenvalue weighted by Gasteiger charge is 2.29. The van der Waals surface area contributed by atoms with Crippen LogP contribution in [0.5, 0.6) is 5.75 Å². The lowest BCUT2D eigenvalue weighted by atomic mass is 9.87. The van der Waals surface area contributed by atoms with E-state index in [1.807, 2.05) is 29.2 Å². The van der Waals surface area contributed by atoms with Crippen LogP contribution in [0.2, 0.25) is 0 Å². The molecule has 1 saturated carbocycles. The van der Waals surface area contributed by atoms with Crippen molar-refractivity contribution in [2.24, 2.45) is 5.92 Å². The number of nitrogens with one attached hydrogen (secondary N) is 1. The summed E-state index contributed by atoms with van der Waals surface area (Å²) in [4.78, 5) is 31.9. The molecular formula is C23H29N3O3S. The van der Waals surface area contributed by atoms with Crippen molar-refractivity contribution in [3.63, 3.8) is 0 Å². The lowest BCUT2D eigenvalue weighted by Gasteiger charge is -2.35. The highest BCUT2D eigenvalue weighted by Crippen LogP contribution is 2.27. The van der Waals surface area contributed by atoms with Crippen LogP contribution in [0.3, 0.4) is 0 Å². The number of carbonyl (C=O) groups is 2. The first-order valence-corrected chi connectivity index (χ1v) is 11.7. The number of methoxy groups -OCH3 is 1. The van der Waals surface area contributed by atoms with Crippen LogP contribution in [0.1, 0.15) is 55.4 Å². The van der Waals surface area contributed by atoms with Crippen molar-refractivity contribution in [2.75, 3.05) is 20.2 Å². The Labute approximate surface area is 181 Å². The van der Waals surface area contributed by atoms with Gasteiger partial charge in [0.15, 0.2) is 0 Å². The zero-order chi connectivity index (χ0) is 20.9. The molecule has 0 spiro atoms. The Morgan fingerprint density at radius 2 is 1.77 bits per heavy atom. The van der Waals surface area contributed by atoms with Crippen molar-refractivity contribution < 1.29 is 14.3 Å². The summed E-state index contributed by atoms with van der Waals surface area (Å²) < 4.78 is 5.18. The first kappa shape index (κ1) is 20.8. The Morgan fingerprint density at radius 1 is 1.07 bits per heavy atom. The molecule has 4 rings (SSSR count). The van der Waals surface area contributed by atoms with Crippen molar-refractivity contribution in [3.8, 4) is 16.3 Å². The molecule has 2 amide bonds. The van der Waals surface area contributed by atoms with Gasteiger partial charge in [0.25, 0.3) is 5.91 Å². The molecule has 1 aromatic carbocycles. The fourth-order valence-corrected chi connectivity index (χ4v) is 5.16. The monoisotopic (exact) mass is 427 g/mol. The molecule has 0 atom stereocenters. The minimum Gasteiger partial charge on any atom is -0.497 e. The van der Waals surface area contributed by atoms with Gasteiger partial charge >= 0.3 is 0 Å². The minimum absolute atomic E-state index is 0.0963. The van der Waals surface area contributed by atoms with E-state index in [1.54, 1.807) is 12.5 Å². The smallest absolute Gasteiger partial charge is 0.270 e. The maximum atomic E-state index is 12.7. The van der Waals surface area contributed by atoms with E-state index in [4.69, 9.17) is 4.74 Å². The van der Waals surface area contributed by atoms with Gasteiger partial charge in [-0.25, -0.2) is 4.98 Å². The Hall–Kier alpha value is -2.41. The molecule has 0 unspecified atom stereocenters. The maximum absolute atomic E-state index is 12.7. The molecular weight excluding hydrogens is 398 g/mol. The zero-order valence-corrected chi connectivity index (χ0v) is 18.2. The summed E-state index contributed by atoms with van der Waals surface area (Å²) in [5.74, 6) is 1.20. The van der Waals surface area contributed by atoms with Gasteiger partial charge in [-0.2, -0.15) is 0 Å². The molecule has 1 aromatic heterocycles. The Balaban J connectivity index is 1.28. The van der Waals surface area contributed by atoms with Crippen LogP contribution in [-0.4, -0.2) is 47.9 Å². The second kappa shape index (κ2) is 9.60. The van der Waals surface area contributed by atoms with Crippen molar-refractivity contribution in [1.82, 2.24) is 15.2 Å². The third-order valence-electron chi connectivity index (χ3n) is 6.17. The zero-order valence-electron chi connectivity index (χ0n) is 17.4. The molecule has 1 aliphatic carbocycles. The predicted molar refractivity (Wildman–Crippen MR) is 118 cm³/mol. The fourth-order valence-electron chi connectivity index (χ4n) is 4.36. The van der Waals surface area contributed by atoms with Crippen LogP contribution in [-0.2, 0) is 4.79 Å². The number of nitrogens with zero attached hydrogens (tertiary/aromatic N) is 2. The molecule has 2 aromatic rings. The predicted octanol–water partition coefficient (Wildman–Crippen LogP) is 4.12. The Bertz CT molecular complexity index is 866. The summed E-state index contributed by atoms with van der Waals surface area (Å²) in [5.41, 5.74) is 1.42. The first-order chi connectivity index (χ1) is 14.6. The molecule has 1 saturated heterocycles. The number of piperidine rings is 1. The molecule has 160 valence electrons. The molecule has 7 heteroatoms. The van der Waals surface area contributed by atoms with Gasteiger partial charge in [0.1, 0.15) is 16.5 Å². The van der Waals surface area contributed by atoms with E-state index in [9.17, 15) is 9.59 Å². The number of likely N-dealkylation sites (tertiary alicyclic amines) is 1. The van der Waals surface area contributed by atoms with Crippen molar-refractivity contribution in [2.45, 2.75) is 51.0 Å². The third-order valence-corrected chi connectivity index (χ3v) is 7.06. The Kier molecular flexibility index (Phi) is 6.67. The molecule has 2 heterocycles.